The summed E-state index contributed by atoms with van der Waals surface area (Å²) in [7, 11) is 4.60. The van der Waals surface area contributed by atoms with Crippen LogP contribution in [0.2, 0.25) is 0 Å². The third-order valence-electron chi connectivity index (χ3n) is 9.30. The van der Waals surface area contributed by atoms with Crippen molar-refractivity contribution in [3.8, 4) is 0 Å². The average Bonchev–Trinajstić information content (AvgIpc) is 3.66. The lowest BCUT2D eigenvalue weighted by Gasteiger charge is -2.37. The zero-order valence-corrected chi connectivity index (χ0v) is 32.4. The highest BCUT2D eigenvalue weighted by Crippen LogP contribution is 2.35. The standard InChI is InChI=1S/C35H48N4O14S2/c1-4-54-55-27(20(2)39(19-40)17-30(43)50-18-26-31(44)32(45)33(46)35(48)52-26)14-15-49-28(41)6-5-7-29(42)51-23-11-9-22(10-12-23)38(3)34(47)21-8-13-24-25(16-21)37-53-36-24/h8,13,16,19,22-23,26,31-33,35,44-46,48H,4-7,9-12,14-15,17-18H2,1-3H3/b27-20-. The second kappa shape index (κ2) is 21.5. The number of amides is 2. The van der Waals surface area contributed by atoms with E-state index in [0.717, 1.165) is 10.7 Å². The molecule has 2 heterocycles. The lowest BCUT2D eigenvalue weighted by Crippen LogP contribution is -2.58. The Bertz CT molecular complexity index is 1650. The molecule has 2 fully saturated rings. The topological polar surface area (TPSA) is 249 Å². The Balaban J connectivity index is 1.14. The number of carbonyl (C=O) groups excluding carboxylic acids is 5. The lowest BCUT2D eigenvalue weighted by molar-refractivity contribution is -0.287. The Morgan fingerprint density at radius 3 is 2.35 bits per heavy atom. The first kappa shape index (κ1) is 43.9. The third kappa shape index (κ3) is 12.6. The van der Waals surface area contributed by atoms with E-state index in [1.54, 1.807) is 37.1 Å². The molecule has 4 rings (SSSR count). The van der Waals surface area contributed by atoms with Gasteiger partial charge in [-0.25, -0.2) is 4.63 Å². The van der Waals surface area contributed by atoms with Gasteiger partial charge >= 0.3 is 17.9 Å². The molecule has 5 unspecified atom stereocenters. The number of aromatic nitrogens is 2. The average molecular weight is 813 g/mol. The normalized spacial score (nSPS) is 24.4. The van der Waals surface area contributed by atoms with Gasteiger partial charge in [0.25, 0.3) is 5.91 Å². The van der Waals surface area contributed by atoms with Crippen molar-refractivity contribution in [2.24, 2.45) is 0 Å². The predicted octanol–water partition coefficient (Wildman–Crippen LogP) is 1.69. The predicted molar refractivity (Wildman–Crippen MR) is 197 cm³/mol. The summed E-state index contributed by atoms with van der Waals surface area (Å²) in [6, 6.07) is 5.00. The molecule has 1 aliphatic heterocycles. The number of aliphatic hydroxyl groups is 4. The molecule has 0 bridgehead atoms. The van der Waals surface area contributed by atoms with E-state index in [1.165, 1.54) is 21.6 Å². The summed E-state index contributed by atoms with van der Waals surface area (Å²) in [6.45, 7) is 2.50. The van der Waals surface area contributed by atoms with Crippen molar-refractivity contribution in [3.05, 3.63) is 34.4 Å². The first-order valence-corrected chi connectivity index (χ1v) is 20.2. The Labute approximate surface area is 325 Å². The Kier molecular flexibility index (Phi) is 17.2. The molecule has 0 spiro atoms. The summed E-state index contributed by atoms with van der Waals surface area (Å²) in [5.41, 5.74) is 1.98. The van der Waals surface area contributed by atoms with Crippen LogP contribution >= 0.6 is 21.6 Å². The molecule has 1 saturated carbocycles. The molecule has 1 aliphatic carbocycles. The van der Waals surface area contributed by atoms with Gasteiger partial charge in [0.1, 0.15) is 54.7 Å². The van der Waals surface area contributed by atoms with Crippen LogP contribution in [-0.2, 0) is 38.1 Å². The monoisotopic (exact) mass is 812 g/mol. The minimum atomic E-state index is -1.79. The Morgan fingerprint density at radius 1 is 0.927 bits per heavy atom. The Hall–Kier alpha value is -3.79. The lowest BCUT2D eigenvalue weighted by atomic mass is 9.91. The molecule has 1 aromatic heterocycles. The van der Waals surface area contributed by atoms with E-state index in [1.807, 2.05) is 6.92 Å². The number of fused-ring (bicyclic) bond motifs is 1. The van der Waals surface area contributed by atoms with Gasteiger partial charge in [-0.1, -0.05) is 28.5 Å². The summed E-state index contributed by atoms with van der Waals surface area (Å²) in [4.78, 5) is 66.0. The largest absolute Gasteiger partial charge is 0.465 e. The number of rotatable bonds is 19. The quantitative estimate of drug-likeness (QED) is 0.0682. The van der Waals surface area contributed by atoms with Gasteiger partial charge in [-0.3, -0.25) is 24.0 Å². The molecule has 18 nitrogen and oxygen atoms in total. The molecule has 2 amide bonds. The first-order valence-electron chi connectivity index (χ1n) is 17.9. The maximum Gasteiger partial charge on any atom is 0.326 e. The van der Waals surface area contributed by atoms with Gasteiger partial charge in [-0.2, -0.15) is 0 Å². The molecular formula is C35H48N4O14S2. The minimum absolute atomic E-state index is 0.00144. The number of aliphatic hydroxyl groups excluding tert-OH is 4. The van der Waals surface area contributed by atoms with E-state index in [-0.39, 0.29) is 50.3 Å². The third-order valence-corrected chi connectivity index (χ3v) is 12.0. The van der Waals surface area contributed by atoms with Crippen LogP contribution in [-0.4, -0.2) is 146 Å². The van der Waals surface area contributed by atoms with Crippen LogP contribution in [0.25, 0.3) is 11.0 Å². The van der Waals surface area contributed by atoms with Gasteiger partial charge in [0.2, 0.25) is 6.41 Å². The number of benzene rings is 1. The van der Waals surface area contributed by atoms with Crippen LogP contribution in [0, 0.1) is 0 Å². The number of allylic oxidation sites excluding steroid dienone is 1. The molecule has 304 valence electrons. The van der Waals surface area contributed by atoms with Gasteiger partial charge < -0.3 is 49.2 Å². The van der Waals surface area contributed by atoms with Crippen LogP contribution in [0.1, 0.15) is 75.6 Å². The number of ether oxygens (including phenoxy) is 4. The molecule has 0 radical (unpaired) electrons. The fraction of sp³-hybridized carbons (Fsp3) is 0.629. The van der Waals surface area contributed by atoms with Crippen molar-refractivity contribution >= 4 is 62.8 Å². The fourth-order valence-electron chi connectivity index (χ4n) is 6.02. The van der Waals surface area contributed by atoms with Crippen LogP contribution in [0.4, 0.5) is 0 Å². The van der Waals surface area contributed by atoms with Gasteiger partial charge in [0, 0.05) is 54.3 Å². The summed E-state index contributed by atoms with van der Waals surface area (Å²) in [5, 5.41) is 46.7. The van der Waals surface area contributed by atoms with Crippen molar-refractivity contribution in [2.75, 3.05) is 32.6 Å². The molecule has 4 N–H and O–H groups in total. The van der Waals surface area contributed by atoms with Gasteiger partial charge in [-0.15, -0.1) is 0 Å². The molecule has 55 heavy (non-hydrogen) atoms. The second-order valence-electron chi connectivity index (χ2n) is 13.1. The number of carbonyl (C=O) groups is 5. The first-order chi connectivity index (χ1) is 26.3. The molecule has 2 aliphatic rings. The van der Waals surface area contributed by atoms with E-state index in [9.17, 15) is 44.4 Å². The van der Waals surface area contributed by atoms with Crippen LogP contribution in [0.3, 0.4) is 0 Å². The maximum absolute atomic E-state index is 13.0. The van der Waals surface area contributed by atoms with Crippen molar-refractivity contribution < 1.29 is 68.0 Å². The number of hydrogen-bond acceptors (Lipinski definition) is 18. The summed E-state index contributed by atoms with van der Waals surface area (Å²) < 4.78 is 25.8. The van der Waals surface area contributed by atoms with E-state index >= 15 is 0 Å². The summed E-state index contributed by atoms with van der Waals surface area (Å²) >= 11 is 0. The number of esters is 3. The highest BCUT2D eigenvalue weighted by atomic mass is 33.1. The Morgan fingerprint density at radius 2 is 1.64 bits per heavy atom. The molecule has 5 atom stereocenters. The van der Waals surface area contributed by atoms with Crippen LogP contribution < -0.4 is 0 Å². The van der Waals surface area contributed by atoms with E-state index in [0.29, 0.717) is 59.3 Å². The van der Waals surface area contributed by atoms with Crippen molar-refractivity contribution in [2.45, 2.75) is 108 Å². The minimum Gasteiger partial charge on any atom is -0.465 e. The molecule has 1 saturated heterocycles. The zero-order valence-electron chi connectivity index (χ0n) is 30.8. The van der Waals surface area contributed by atoms with Crippen LogP contribution in [0.5, 0.6) is 0 Å². The van der Waals surface area contributed by atoms with Gasteiger partial charge in [0.05, 0.1) is 6.61 Å². The van der Waals surface area contributed by atoms with Crippen molar-refractivity contribution in [1.82, 2.24) is 20.1 Å². The van der Waals surface area contributed by atoms with Crippen molar-refractivity contribution in [3.63, 3.8) is 0 Å². The highest BCUT2D eigenvalue weighted by molar-refractivity contribution is 8.78. The van der Waals surface area contributed by atoms with Gasteiger partial charge in [0.15, 0.2) is 6.29 Å². The summed E-state index contributed by atoms with van der Waals surface area (Å²) in [6.07, 6.45) is -4.92. The van der Waals surface area contributed by atoms with E-state index in [2.05, 4.69) is 10.3 Å². The molecule has 20 heteroatoms. The molecule has 1 aromatic carbocycles. The fourth-order valence-corrected chi connectivity index (χ4v) is 8.08. The molecule has 2 aromatic rings. The van der Waals surface area contributed by atoms with Crippen molar-refractivity contribution in [1.29, 1.82) is 0 Å². The van der Waals surface area contributed by atoms with Gasteiger partial charge in [-0.05, 0) is 67.5 Å². The van der Waals surface area contributed by atoms with E-state index < -0.39 is 61.8 Å². The van der Waals surface area contributed by atoms with Crippen LogP contribution in [0.15, 0.2) is 33.4 Å². The summed E-state index contributed by atoms with van der Waals surface area (Å²) in [5.74, 6) is -1.19. The SMILES string of the molecule is CCSS/C(CCOC(=O)CCCC(=O)OC1CCC(N(C)C(=O)c2ccc3nonc3c2)CC1)=C(/C)N(C=O)CC(=O)OCC1OC(O)C(O)C(O)C1O. The zero-order chi connectivity index (χ0) is 40.1. The molecular weight excluding hydrogens is 765 g/mol. The number of nitrogens with zero attached hydrogens (tertiary/aromatic N) is 4. The second-order valence-corrected chi connectivity index (χ2v) is 15.8. The van der Waals surface area contributed by atoms with E-state index in [4.69, 9.17) is 23.6 Å². The number of hydrogen-bond donors (Lipinski definition) is 4. The highest BCUT2D eigenvalue weighted by Gasteiger charge is 2.43. The maximum atomic E-state index is 13.0. The smallest absolute Gasteiger partial charge is 0.326 e.